The average molecular weight is 191 g/mol. The molecule has 0 aromatic heterocycles. The van der Waals surface area contributed by atoms with Crippen molar-refractivity contribution in [1.82, 2.24) is 0 Å². The Kier molecular flexibility index (Phi) is 5.01. The highest BCUT2D eigenvalue weighted by atomic mass is 16.3. The minimum atomic E-state index is -0.148. The number of phenols is 1. The molecule has 0 saturated heterocycles. The summed E-state index contributed by atoms with van der Waals surface area (Å²) in [6.07, 6.45) is 0. The number of ketones is 1. The molecule has 3 nitrogen and oxygen atoms in total. The second-order valence-corrected chi connectivity index (χ2v) is 2.40. The fourth-order valence-corrected chi connectivity index (χ4v) is 0.845. The lowest BCUT2D eigenvalue weighted by atomic mass is 10.1. The molecule has 0 atom stereocenters. The Balaban J connectivity index is 0.000000791. The van der Waals surface area contributed by atoms with Crippen LogP contribution in [-0.4, -0.2) is 10.9 Å². The van der Waals surface area contributed by atoms with E-state index < -0.39 is 0 Å². The van der Waals surface area contributed by atoms with Crippen molar-refractivity contribution < 1.29 is 9.90 Å². The van der Waals surface area contributed by atoms with E-state index in [-0.39, 0.29) is 17.1 Å². The van der Waals surface area contributed by atoms with E-state index in [0.29, 0.717) is 5.56 Å². The highest BCUT2D eigenvalue weighted by Crippen LogP contribution is 2.17. The number of hydrogen-bond donors (Lipinski definition) is 1. The first kappa shape index (κ1) is 12.2. The number of nitrogens with zero attached hydrogens (tertiary/aromatic N) is 1. The second-order valence-electron chi connectivity index (χ2n) is 2.40. The third-order valence-electron chi connectivity index (χ3n) is 1.52. The lowest BCUT2D eigenvalue weighted by Gasteiger charge is -1.97. The van der Waals surface area contributed by atoms with Crippen molar-refractivity contribution in [2.45, 2.75) is 20.8 Å². The highest BCUT2D eigenvalue weighted by molar-refractivity contribution is 5.94. The molecule has 0 aliphatic carbocycles. The first-order chi connectivity index (χ1) is 6.65. The van der Waals surface area contributed by atoms with Crippen molar-refractivity contribution in [3.05, 3.63) is 29.3 Å². The topological polar surface area (TPSA) is 61.1 Å². The van der Waals surface area contributed by atoms with Crippen LogP contribution in [0.3, 0.4) is 0 Å². The molecule has 0 saturated carbocycles. The molecule has 0 bridgehead atoms. The molecule has 0 aliphatic heterocycles. The van der Waals surface area contributed by atoms with Crippen molar-refractivity contribution in [2.75, 3.05) is 0 Å². The Hall–Kier alpha value is -1.82. The number of phenolic OH excluding ortho intramolecular Hbond substituents is 1. The molecule has 0 fully saturated rings. The van der Waals surface area contributed by atoms with Gasteiger partial charge in [0.2, 0.25) is 0 Å². The average Bonchev–Trinajstić information content (AvgIpc) is 2.20. The predicted octanol–water partition coefficient (Wildman–Crippen LogP) is 2.49. The van der Waals surface area contributed by atoms with Gasteiger partial charge in [-0.3, -0.25) is 4.79 Å². The molecule has 0 spiro atoms. The summed E-state index contributed by atoms with van der Waals surface area (Å²) in [5.74, 6) is -0.278. The number of rotatable bonds is 1. The van der Waals surface area contributed by atoms with E-state index in [9.17, 15) is 4.79 Å². The number of hydrogen-bond acceptors (Lipinski definition) is 3. The fourth-order valence-electron chi connectivity index (χ4n) is 0.845. The SMILES string of the molecule is CC.CC(=O)c1ccc(C#N)c(O)c1. The molecular formula is C11H13NO2. The maximum atomic E-state index is 10.8. The fraction of sp³-hybridized carbons (Fsp3) is 0.273. The van der Waals surface area contributed by atoms with E-state index in [4.69, 9.17) is 10.4 Å². The third-order valence-corrected chi connectivity index (χ3v) is 1.52. The molecule has 3 heteroatoms. The lowest BCUT2D eigenvalue weighted by Crippen LogP contribution is -1.91. The maximum absolute atomic E-state index is 10.8. The molecule has 1 aromatic carbocycles. The number of nitriles is 1. The number of carbonyl (C=O) groups is 1. The Morgan fingerprint density at radius 1 is 1.43 bits per heavy atom. The van der Waals surface area contributed by atoms with E-state index >= 15 is 0 Å². The molecule has 14 heavy (non-hydrogen) atoms. The first-order valence-corrected chi connectivity index (χ1v) is 4.39. The van der Waals surface area contributed by atoms with Gasteiger partial charge >= 0.3 is 0 Å². The molecule has 0 heterocycles. The highest BCUT2D eigenvalue weighted by Gasteiger charge is 2.03. The summed E-state index contributed by atoms with van der Waals surface area (Å²) >= 11 is 0. The minimum absolute atomic E-state index is 0.130. The van der Waals surface area contributed by atoms with Crippen LogP contribution in [0.2, 0.25) is 0 Å². The largest absolute Gasteiger partial charge is 0.507 e. The van der Waals surface area contributed by atoms with E-state index in [1.807, 2.05) is 13.8 Å². The normalized spacial score (nSPS) is 8.14. The van der Waals surface area contributed by atoms with E-state index in [1.165, 1.54) is 25.1 Å². The molecule has 0 aliphatic rings. The van der Waals surface area contributed by atoms with Crippen molar-refractivity contribution in [3.8, 4) is 11.8 Å². The third kappa shape index (κ3) is 2.91. The smallest absolute Gasteiger partial charge is 0.159 e. The van der Waals surface area contributed by atoms with Gasteiger partial charge < -0.3 is 5.11 Å². The van der Waals surface area contributed by atoms with Gasteiger partial charge in [-0.05, 0) is 25.1 Å². The Morgan fingerprint density at radius 3 is 2.36 bits per heavy atom. The number of benzene rings is 1. The molecule has 0 radical (unpaired) electrons. The number of aromatic hydroxyl groups is 1. The number of carbonyl (C=O) groups excluding carboxylic acids is 1. The molecule has 0 amide bonds. The Morgan fingerprint density at radius 2 is 2.00 bits per heavy atom. The molecule has 1 aromatic rings. The van der Waals surface area contributed by atoms with E-state index in [0.717, 1.165) is 0 Å². The minimum Gasteiger partial charge on any atom is -0.507 e. The summed E-state index contributed by atoms with van der Waals surface area (Å²) in [6.45, 7) is 5.40. The zero-order valence-corrected chi connectivity index (χ0v) is 8.53. The first-order valence-electron chi connectivity index (χ1n) is 4.39. The number of Topliss-reactive ketones (excluding diaryl/α,β-unsaturated/α-hetero) is 1. The van der Waals surface area contributed by atoms with Gasteiger partial charge in [-0.25, -0.2) is 0 Å². The van der Waals surface area contributed by atoms with Gasteiger partial charge in [0.25, 0.3) is 0 Å². The van der Waals surface area contributed by atoms with Crippen LogP contribution in [-0.2, 0) is 0 Å². The molecule has 0 unspecified atom stereocenters. The Labute approximate surface area is 83.6 Å². The predicted molar refractivity (Wildman–Crippen MR) is 54.2 cm³/mol. The van der Waals surface area contributed by atoms with Crippen LogP contribution < -0.4 is 0 Å². The summed E-state index contributed by atoms with van der Waals surface area (Å²) in [7, 11) is 0. The summed E-state index contributed by atoms with van der Waals surface area (Å²) in [4.78, 5) is 10.8. The zero-order valence-electron chi connectivity index (χ0n) is 8.53. The summed E-state index contributed by atoms with van der Waals surface area (Å²) < 4.78 is 0. The molecule has 1 rings (SSSR count). The van der Waals surface area contributed by atoms with Gasteiger partial charge in [0, 0.05) is 5.56 Å². The monoisotopic (exact) mass is 191 g/mol. The van der Waals surface area contributed by atoms with Crippen LogP contribution in [0.15, 0.2) is 18.2 Å². The van der Waals surface area contributed by atoms with Gasteiger partial charge in [0.1, 0.15) is 11.8 Å². The van der Waals surface area contributed by atoms with Gasteiger partial charge in [0.15, 0.2) is 5.78 Å². The summed E-state index contributed by atoms with van der Waals surface area (Å²) in [6, 6.07) is 6.03. The van der Waals surface area contributed by atoms with Gasteiger partial charge in [0.05, 0.1) is 5.56 Å². The molecular weight excluding hydrogens is 178 g/mol. The van der Waals surface area contributed by atoms with E-state index in [1.54, 1.807) is 6.07 Å². The van der Waals surface area contributed by atoms with Gasteiger partial charge in [-0.1, -0.05) is 13.8 Å². The standard InChI is InChI=1S/C9H7NO2.C2H6/c1-6(11)7-2-3-8(5-10)9(12)4-7;1-2/h2-4,12H,1H3;1-2H3. The van der Waals surface area contributed by atoms with Crippen LogP contribution in [0.4, 0.5) is 0 Å². The van der Waals surface area contributed by atoms with Crippen LogP contribution in [0.25, 0.3) is 0 Å². The van der Waals surface area contributed by atoms with Crippen LogP contribution in [0.5, 0.6) is 5.75 Å². The molecule has 1 N–H and O–H groups in total. The zero-order chi connectivity index (χ0) is 11.1. The Bertz CT molecular complexity index is 364. The van der Waals surface area contributed by atoms with Crippen LogP contribution in [0, 0.1) is 11.3 Å². The second kappa shape index (κ2) is 5.76. The van der Waals surface area contributed by atoms with Crippen molar-refractivity contribution >= 4 is 5.78 Å². The van der Waals surface area contributed by atoms with Crippen LogP contribution >= 0.6 is 0 Å². The van der Waals surface area contributed by atoms with Crippen molar-refractivity contribution in [2.24, 2.45) is 0 Å². The summed E-state index contributed by atoms with van der Waals surface area (Å²) in [5, 5.41) is 17.6. The van der Waals surface area contributed by atoms with Gasteiger partial charge in [-0.15, -0.1) is 0 Å². The quantitative estimate of drug-likeness (QED) is 0.693. The van der Waals surface area contributed by atoms with Gasteiger partial charge in [-0.2, -0.15) is 5.26 Å². The molecule has 74 valence electrons. The van der Waals surface area contributed by atoms with Crippen molar-refractivity contribution in [3.63, 3.8) is 0 Å². The van der Waals surface area contributed by atoms with Crippen molar-refractivity contribution in [1.29, 1.82) is 5.26 Å². The van der Waals surface area contributed by atoms with E-state index in [2.05, 4.69) is 0 Å². The lowest BCUT2D eigenvalue weighted by molar-refractivity contribution is 0.101. The summed E-state index contributed by atoms with van der Waals surface area (Å²) in [5.41, 5.74) is 0.589. The maximum Gasteiger partial charge on any atom is 0.159 e. The van der Waals surface area contributed by atoms with Crippen LogP contribution in [0.1, 0.15) is 36.7 Å².